The van der Waals surface area contributed by atoms with Crippen LogP contribution in [0.15, 0.2) is 30.3 Å². The van der Waals surface area contributed by atoms with Gasteiger partial charge in [-0.15, -0.1) is 5.10 Å². The standard InChI is InChI=1S/C32H43FN8O3/c1-20-15-39(25(14-35-20)16-38-10-11-44-18-21(38)2)17-27(42)40-19-32(3,4)28-26(40)13-23(12-22-6-8-24(33)9-7-22)30-36-29(31(43)34-5)37-41(28)30/h6-9,13,20-21,25,35H,10-12,14-19H2,1-5H3,(H,34,43)/t20-,21-,25-/m1/s1. The number of nitrogens with zero attached hydrogens (tertiary/aromatic N) is 6. The van der Waals surface area contributed by atoms with Crippen molar-refractivity contribution in [3.8, 4) is 0 Å². The molecule has 0 radical (unpaired) electrons. The molecule has 0 saturated carbocycles. The van der Waals surface area contributed by atoms with Gasteiger partial charge >= 0.3 is 0 Å². The van der Waals surface area contributed by atoms with Crippen LogP contribution >= 0.6 is 0 Å². The first-order chi connectivity index (χ1) is 21.0. The quantitative estimate of drug-likeness (QED) is 0.420. The Morgan fingerprint density at radius 2 is 1.95 bits per heavy atom. The molecule has 3 aliphatic rings. The normalized spacial score (nSPS) is 24.0. The van der Waals surface area contributed by atoms with Gasteiger partial charge in [0.15, 0.2) is 5.65 Å². The summed E-state index contributed by atoms with van der Waals surface area (Å²) in [5.74, 6) is -0.590. The first kappa shape index (κ1) is 30.6. The summed E-state index contributed by atoms with van der Waals surface area (Å²) in [4.78, 5) is 38.1. The number of anilines is 1. The lowest BCUT2D eigenvalue weighted by Crippen LogP contribution is -2.62. The smallest absolute Gasteiger partial charge is 0.290 e. The lowest BCUT2D eigenvalue weighted by molar-refractivity contribution is -0.121. The Balaban J connectivity index is 1.34. The van der Waals surface area contributed by atoms with Crippen LogP contribution < -0.4 is 15.5 Å². The molecule has 2 fully saturated rings. The lowest BCUT2D eigenvalue weighted by atomic mass is 9.90. The Morgan fingerprint density at radius 1 is 1.18 bits per heavy atom. The molecule has 0 bridgehead atoms. The SMILES string of the molecule is CNC(=O)c1nc2c(Cc3ccc(F)cc3)cc3c(n2n1)C(C)(C)CN3C(=O)CN1C[C@@H](C)NC[C@@H]1CN1CCOC[C@H]1C. The van der Waals surface area contributed by atoms with Gasteiger partial charge in [0.05, 0.1) is 31.1 Å². The maximum Gasteiger partial charge on any atom is 0.290 e. The van der Waals surface area contributed by atoms with E-state index in [1.807, 2.05) is 11.0 Å². The number of carbonyl (C=O) groups is 2. The van der Waals surface area contributed by atoms with E-state index in [1.54, 1.807) is 23.7 Å². The molecular weight excluding hydrogens is 563 g/mol. The summed E-state index contributed by atoms with van der Waals surface area (Å²) >= 11 is 0. The Morgan fingerprint density at radius 3 is 2.68 bits per heavy atom. The van der Waals surface area contributed by atoms with Crippen molar-refractivity contribution in [2.75, 3.05) is 64.4 Å². The zero-order valence-corrected chi connectivity index (χ0v) is 26.3. The number of rotatable bonds is 7. The van der Waals surface area contributed by atoms with Gasteiger partial charge in [-0.1, -0.05) is 26.0 Å². The minimum atomic E-state index is -0.440. The largest absolute Gasteiger partial charge is 0.379 e. The van der Waals surface area contributed by atoms with Gasteiger partial charge in [0, 0.05) is 75.3 Å². The molecule has 5 heterocycles. The zero-order chi connectivity index (χ0) is 31.2. The number of pyridine rings is 1. The molecule has 0 unspecified atom stereocenters. The fourth-order valence-corrected chi connectivity index (χ4v) is 6.83. The number of amides is 2. The summed E-state index contributed by atoms with van der Waals surface area (Å²) in [6.07, 6.45) is 0.445. The van der Waals surface area contributed by atoms with Crippen molar-refractivity contribution in [2.24, 2.45) is 0 Å². The summed E-state index contributed by atoms with van der Waals surface area (Å²) in [5, 5.41) is 10.9. The molecule has 2 amide bonds. The van der Waals surface area contributed by atoms with Crippen molar-refractivity contribution in [1.82, 2.24) is 35.0 Å². The van der Waals surface area contributed by atoms with E-state index in [4.69, 9.17) is 4.74 Å². The number of nitrogens with one attached hydrogen (secondary N) is 2. The third-order valence-corrected chi connectivity index (χ3v) is 9.20. The number of benzene rings is 1. The first-order valence-electron chi connectivity index (χ1n) is 15.5. The van der Waals surface area contributed by atoms with Crippen molar-refractivity contribution in [2.45, 2.75) is 57.7 Å². The van der Waals surface area contributed by atoms with E-state index in [0.29, 0.717) is 31.2 Å². The molecule has 3 aromatic rings. The van der Waals surface area contributed by atoms with Crippen molar-refractivity contribution >= 4 is 23.1 Å². The number of hydrogen-bond acceptors (Lipinski definition) is 8. The molecule has 2 saturated heterocycles. The molecule has 236 valence electrons. The third kappa shape index (κ3) is 5.95. The van der Waals surface area contributed by atoms with Crippen LogP contribution in [0.3, 0.4) is 0 Å². The van der Waals surface area contributed by atoms with E-state index >= 15 is 0 Å². The monoisotopic (exact) mass is 606 g/mol. The van der Waals surface area contributed by atoms with Crippen molar-refractivity contribution in [1.29, 1.82) is 0 Å². The molecule has 12 heteroatoms. The molecular formula is C32H43FN8O3. The van der Waals surface area contributed by atoms with Gasteiger partial charge in [0.25, 0.3) is 5.91 Å². The van der Waals surface area contributed by atoms with Crippen molar-refractivity contribution in [3.05, 3.63) is 58.8 Å². The average Bonchev–Trinajstić information content (AvgIpc) is 3.55. The summed E-state index contributed by atoms with van der Waals surface area (Å²) < 4.78 is 21.1. The highest BCUT2D eigenvalue weighted by Gasteiger charge is 2.43. The number of hydrogen-bond donors (Lipinski definition) is 2. The van der Waals surface area contributed by atoms with Gasteiger partial charge in [-0.2, -0.15) is 0 Å². The summed E-state index contributed by atoms with van der Waals surface area (Å²) in [7, 11) is 1.55. The van der Waals surface area contributed by atoms with Gasteiger partial charge in [-0.25, -0.2) is 13.9 Å². The molecule has 3 aliphatic heterocycles. The van der Waals surface area contributed by atoms with Crippen LogP contribution in [0.25, 0.3) is 5.65 Å². The molecule has 2 N–H and O–H groups in total. The Hall–Kier alpha value is -3.45. The molecule has 11 nitrogen and oxygen atoms in total. The average molecular weight is 607 g/mol. The van der Waals surface area contributed by atoms with E-state index in [1.165, 1.54) is 12.1 Å². The Labute approximate surface area is 257 Å². The van der Waals surface area contributed by atoms with Gasteiger partial charge in [0.2, 0.25) is 11.7 Å². The molecule has 2 aromatic heterocycles. The number of morpholine rings is 1. The topological polar surface area (TPSA) is 107 Å². The van der Waals surface area contributed by atoms with Crippen molar-refractivity contribution < 1.29 is 18.7 Å². The van der Waals surface area contributed by atoms with E-state index in [-0.39, 0.29) is 35.5 Å². The van der Waals surface area contributed by atoms with Gasteiger partial charge < -0.3 is 20.3 Å². The highest BCUT2D eigenvalue weighted by molar-refractivity contribution is 5.98. The fourth-order valence-electron chi connectivity index (χ4n) is 6.83. The molecule has 3 atom stereocenters. The van der Waals surface area contributed by atoms with Gasteiger partial charge in [-0.3, -0.25) is 19.4 Å². The molecule has 0 spiro atoms. The van der Waals surface area contributed by atoms with Crippen LogP contribution in [0, 0.1) is 5.82 Å². The summed E-state index contributed by atoms with van der Waals surface area (Å²) in [5.41, 5.74) is 3.44. The minimum Gasteiger partial charge on any atom is -0.379 e. The lowest BCUT2D eigenvalue weighted by Gasteiger charge is -2.43. The third-order valence-electron chi connectivity index (χ3n) is 9.20. The van der Waals surface area contributed by atoms with E-state index in [9.17, 15) is 14.0 Å². The second kappa shape index (κ2) is 12.2. The maximum absolute atomic E-state index is 14.3. The highest BCUT2D eigenvalue weighted by atomic mass is 19.1. The number of ether oxygens (including phenoxy) is 1. The van der Waals surface area contributed by atoms with Crippen LogP contribution in [0.4, 0.5) is 10.1 Å². The maximum atomic E-state index is 14.3. The van der Waals surface area contributed by atoms with E-state index in [0.717, 1.165) is 61.9 Å². The van der Waals surface area contributed by atoms with E-state index in [2.05, 4.69) is 58.2 Å². The Kier molecular flexibility index (Phi) is 8.44. The molecule has 1 aromatic carbocycles. The van der Waals surface area contributed by atoms with Crippen LogP contribution in [-0.2, 0) is 21.4 Å². The Bertz CT molecular complexity index is 1540. The summed E-state index contributed by atoms with van der Waals surface area (Å²) in [6.45, 7) is 14.2. The number of halogens is 1. The van der Waals surface area contributed by atoms with Crippen LogP contribution in [0.5, 0.6) is 0 Å². The van der Waals surface area contributed by atoms with Gasteiger partial charge in [0.1, 0.15) is 5.82 Å². The molecule has 44 heavy (non-hydrogen) atoms. The second-order valence-electron chi connectivity index (χ2n) is 13.1. The predicted octanol–water partition coefficient (Wildman–Crippen LogP) is 1.83. The predicted molar refractivity (Wildman–Crippen MR) is 166 cm³/mol. The number of aromatic nitrogens is 3. The van der Waals surface area contributed by atoms with Gasteiger partial charge in [-0.05, 0) is 37.6 Å². The highest BCUT2D eigenvalue weighted by Crippen LogP contribution is 2.42. The minimum absolute atomic E-state index is 0.0321. The van der Waals surface area contributed by atoms with Crippen LogP contribution in [-0.4, -0.2) is 114 Å². The summed E-state index contributed by atoms with van der Waals surface area (Å²) in [6, 6.07) is 9.18. The van der Waals surface area contributed by atoms with E-state index < -0.39 is 5.41 Å². The van der Waals surface area contributed by atoms with Crippen LogP contribution in [0.1, 0.15) is 55.1 Å². The van der Waals surface area contributed by atoms with Crippen LogP contribution in [0.2, 0.25) is 0 Å². The first-order valence-corrected chi connectivity index (χ1v) is 15.5. The molecule has 0 aliphatic carbocycles. The second-order valence-corrected chi connectivity index (χ2v) is 13.1. The zero-order valence-electron chi connectivity index (χ0n) is 26.3. The number of carbonyl (C=O) groups excluding carboxylic acids is 2. The number of piperazine rings is 1. The fraction of sp³-hybridized carbons (Fsp3) is 0.562. The number of fused-ring (bicyclic) bond motifs is 3. The van der Waals surface area contributed by atoms with Crippen molar-refractivity contribution in [3.63, 3.8) is 0 Å². The molecule has 6 rings (SSSR count).